The van der Waals surface area contributed by atoms with E-state index in [9.17, 15) is 0 Å². The molecular weight excluding hydrogens is 394 g/mol. The third kappa shape index (κ3) is 5.30. The number of hydrogen-bond acceptors (Lipinski definition) is 5. The fraction of sp³-hybridized carbons (Fsp3) is 0.148. The van der Waals surface area contributed by atoms with E-state index in [1.54, 1.807) is 0 Å². The van der Waals surface area contributed by atoms with Gasteiger partial charge in [0.25, 0.3) is 0 Å². The van der Waals surface area contributed by atoms with E-state index in [4.69, 9.17) is 4.98 Å². The highest BCUT2D eigenvalue weighted by Crippen LogP contribution is 2.20. The molecule has 4 radical (unpaired) electrons. The van der Waals surface area contributed by atoms with E-state index in [0.717, 1.165) is 24.5 Å². The van der Waals surface area contributed by atoms with Crippen molar-refractivity contribution in [1.29, 1.82) is 0 Å². The Kier molecular flexibility index (Phi) is 6.06. The van der Waals surface area contributed by atoms with Crippen molar-refractivity contribution in [2.45, 2.75) is 26.2 Å². The number of benzene rings is 2. The Morgan fingerprint density at radius 3 is 1.31 bits per heavy atom. The van der Waals surface area contributed by atoms with Gasteiger partial charge in [-0.2, -0.15) is 0 Å². The van der Waals surface area contributed by atoms with Crippen molar-refractivity contribution in [3.63, 3.8) is 0 Å². The van der Waals surface area contributed by atoms with Crippen LogP contribution in [-0.4, -0.2) is 24.6 Å². The molecule has 0 aliphatic carbocycles. The first-order chi connectivity index (χ1) is 15.8. The number of pyridine rings is 1. The quantitative estimate of drug-likeness (QED) is 0.529. The average molecular weight is 420 g/mol. The van der Waals surface area contributed by atoms with E-state index >= 15 is 0 Å². The number of aromatic nitrogens is 1. The van der Waals surface area contributed by atoms with Crippen LogP contribution in [0.15, 0.2) is 104 Å². The van der Waals surface area contributed by atoms with Crippen LogP contribution in [0, 0.1) is 13.3 Å². The molecule has 3 aromatic rings. The molecule has 0 saturated carbocycles. The van der Waals surface area contributed by atoms with Crippen LogP contribution in [0.4, 0.5) is 0 Å². The topological polar surface area (TPSA) is 25.9 Å². The van der Waals surface area contributed by atoms with Gasteiger partial charge in [-0.1, -0.05) is 66.7 Å². The van der Waals surface area contributed by atoms with Gasteiger partial charge in [0.05, 0.1) is 24.5 Å². The maximum atomic E-state index is 4.85. The lowest BCUT2D eigenvalue weighted by Crippen LogP contribution is -2.21. The lowest BCUT2D eigenvalue weighted by molar-refractivity contribution is 0.326. The Labute approximate surface area is 190 Å². The second-order valence-corrected chi connectivity index (χ2v) is 7.90. The fourth-order valence-electron chi connectivity index (χ4n) is 3.75. The van der Waals surface area contributed by atoms with Crippen molar-refractivity contribution >= 4 is 0 Å². The SMILES string of the molecule is [C]1N(Cc2ccccc2)C=CN1Cc1cccc(CN2[C]N(Cc3ccccc3)C=C2)n1. The molecule has 5 nitrogen and oxygen atoms in total. The molecule has 0 N–H and O–H groups in total. The van der Waals surface area contributed by atoms with Gasteiger partial charge in [-0.25, -0.2) is 0 Å². The van der Waals surface area contributed by atoms with Crippen LogP contribution in [0.3, 0.4) is 0 Å². The van der Waals surface area contributed by atoms with Gasteiger partial charge in [-0.3, -0.25) is 4.98 Å². The second kappa shape index (κ2) is 9.60. The minimum absolute atomic E-state index is 0.693. The zero-order valence-electron chi connectivity index (χ0n) is 17.9. The van der Waals surface area contributed by atoms with Crippen LogP contribution >= 0.6 is 0 Å². The summed E-state index contributed by atoms with van der Waals surface area (Å²) in [6.45, 7) is 9.78. The Hall–Kier alpha value is -3.73. The summed E-state index contributed by atoms with van der Waals surface area (Å²) in [5.41, 5.74) is 4.56. The largest absolute Gasteiger partial charge is 0.342 e. The Morgan fingerprint density at radius 2 is 0.875 bits per heavy atom. The monoisotopic (exact) mass is 419 g/mol. The molecule has 0 spiro atoms. The summed E-state index contributed by atoms with van der Waals surface area (Å²) in [5, 5.41) is 0. The third-order valence-electron chi connectivity index (χ3n) is 5.29. The van der Waals surface area contributed by atoms with Gasteiger partial charge in [0.1, 0.15) is 0 Å². The minimum Gasteiger partial charge on any atom is -0.342 e. The van der Waals surface area contributed by atoms with Gasteiger partial charge in [-0.15, -0.1) is 0 Å². The van der Waals surface area contributed by atoms with Crippen LogP contribution in [-0.2, 0) is 26.2 Å². The first kappa shape index (κ1) is 20.2. The van der Waals surface area contributed by atoms with E-state index < -0.39 is 0 Å². The molecule has 2 aliphatic heterocycles. The normalized spacial score (nSPS) is 15.2. The van der Waals surface area contributed by atoms with Gasteiger partial charge in [0.15, 0.2) is 0 Å². The van der Waals surface area contributed by atoms with Crippen molar-refractivity contribution in [2.24, 2.45) is 0 Å². The van der Waals surface area contributed by atoms with Gasteiger partial charge in [-0.05, 0) is 23.3 Å². The van der Waals surface area contributed by atoms with Crippen molar-refractivity contribution in [3.8, 4) is 0 Å². The van der Waals surface area contributed by atoms with Gasteiger partial charge < -0.3 is 19.6 Å². The maximum Gasteiger partial charge on any atom is 0.208 e. The van der Waals surface area contributed by atoms with Crippen LogP contribution in [0.2, 0.25) is 0 Å². The molecule has 0 fully saturated rings. The highest BCUT2D eigenvalue weighted by Gasteiger charge is 2.18. The zero-order chi connectivity index (χ0) is 21.6. The summed E-state index contributed by atoms with van der Waals surface area (Å²) in [6.07, 6.45) is 8.20. The van der Waals surface area contributed by atoms with E-state index in [1.165, 1.54) is 11.1 Å². The van der Waals surface area contributed by atoms with Gasteiger partial charge >= 0.3 is 0 Å². The molecule has 2 aliphatic rings. The summed E-state index contributed by atoms with van der Waals surface area (Å²) in [6, 6.07) is 27.0. The summed E-state index contributed by atoms with van der Waals surface area (Å²) in [7, 11) is 0. The van der Waals surface area contributed by atoms with Crippen LogP contribution in [0.1, 0.15) is 22.5 Å². The average Bonchev–Trinajstić information content (AvgIpc) is 3.44. The molecule has 0 bridgehead atoms. The lowest BCUT2D eigenvalue weighted by atomic mass is 10.2. The number of rotatable bonds is 8. The minimum atomic E-state index is 0.693. The highest BCUT2D eigenvalue weighted by molar-refractivity contribution is 5.18. The third-order valence-corrected chi connectivity index (χ3v) is 5.29. The molecule has 1 aromatic heterocycles. The Morgan fingerprint density at radius 1 is 0.469 bits per heavy atom. The summed E-state index contributed by atoms with van der Waals surface area (Å²) < 4.78 is 0. The van der Waals surface area contributed by atoms with E-state index in [2.05, 4.69) is 102 Å². The van der Waals surface area contributed by atoms with Crippen molar-refractivity contribution < 1.29 is 0 Å². The molecule has 5 rings (SSSR count). The number of hydrogen-bond donors (Lipinski definition) is 0. The van der Waals surface area contributed by atoms with Gasteiger partial charge in [0, 0.05) is 37.9 Å². The highest BCUT2D eigenvalue weighted by atomic mass is 15.3. The first-order valence-corrected chi connectivity index (χ1v) is 10.8. The lowest BCUT2D eigenvalue weighted by Gasteiger charge is -2.20. The van der Waals surface area contributed by atoms with Crippen LogP contribution in [0.25, 0.3) is 0 Å². The Bertz CT molecular complexity index is 981. The van der Waals surface area contributed by atoms with E-state index in [-0.39, 0.29) is 0 Å². The van der Waals surface area contributed by atoms with E-state index in [1.807, 2.05) is 34.3 Å². The van der Waals surface area contributed by atoms with Crippen molar-refractivity contribution in [1.82, 2.24) is 24.6 Å². The molecule has 0 saturated heterocycles. The molecule has 0 atom stereocenters. The van der Waals surface area contributed by atoms with Crippen LogP contribution in [0.5, 0.6) is 0 Å². The first-order valence-electron chi connectivity index (χ1n) is 10.8. The standard InChI is InChI=1S/C27H25N5/c1-3-8-24(9-4-1)18-29-14-16-31(22-29)20-26-12-7-13-27(28-26)21-32-17-15-30(23-32)19-25-10-5-2-6-11-25/h1-17H,18-21H2. The molecule has 3 heterocycles. The predicted octanol–water partition coefficient (Wildman–Crippen LogP) is 4.65. The number of nitrogens with zero attached hydrogens (tertiary/aromatic N) is 5. The molecule has 0 unspecified atom stereocenters. The fourth-order valence-corrected chi connectivity index (χ4v) is 3.75. The smallest absolute Gasteiger partial charge is 0.208 e. The zero-order valence-corrected chi connectivity index (χ0v) is 17.9. The van der Waals surface area contributed by atoms with Crippen molar-refractivity contribution in [3.05, 3.63) is 140 Å². The Balaban J connectivity index is 1.11. The van der Waals surface area contributed by atoms with E-state index in [0.29, 0.717) is 13.1 Å². The maximum absolute atomic E-state index is 4.85. The molecule has 32 heavy (non-hydrogen) atoms. The summed E-state index contributed by atoms with van der Waals surface area (Å²) >= 11 is 0. The van der Waals surface area contributed by atoms with Crippen molar-refractivity contribution in [2.75, 3.05) is 0 Å². The van der Waals surface area contributed by atoms with Crippen LogP contribution < -0.4 is 0 Å². The second-order valence-electron chi connectivity index (χ2n) is 7.90. The predicted molar refractivity (Wildman–Crippen MR) is 124 cm³/mol. The van der Waals surface area contributed by atoms with Gasteiger partial charge in [0.2, 0.25) is 13.3 Å². The molecular formula is C27H25N5. The molecule has 0 amide bonds. The molecule has 2 aromatic carbocycles. The molecule has 158 valence electrons. The summed E-state index contributed by atoms with van der Waals surface area (Å²) in [4.78, 5) is 13.1. The molecule has 5 heteroatoms. The summed E-state index contributed by atoms with van der Waals surface area (Å²) in [5.74, 6) is 0.